The Kier molecular flexibility index (Phi) is 3.91. The van der Waals surface area contributed by atoms with E-state index in [1.807, 2.05) is 4.90 Å². The first-order valence-corrected chi connectivity index (χ1v) is 6.21. The lowest BCUT2D eigenvalue weighted by Crippen LogP contribution is -2.45. The quantitative estimate of drug-likeness (QED) is 0.819. The molecule has 1 saturated heterocycles. The van der Waals surface area contributed by atoms with Gasteiger partial charge in [-0.25, -0.2) is 0 Å². The van der Waals surface area contributed by atoms with Crippen molar-refractivity contribution in [2.24, 2.45) is 0 Å². The van der Waals surface area contributed by atoms with Gasteiger partial charge in [0.1, 0.15) is 4.64 Å². The second-order valence-electron chi connectivity index (χ2n) is 4.07. The van der Waals surface area contributed by atoms with E-state index < -0.39 is 0 Å². The van der Waals surface area contributed by atoms with E-state index in [4.69, 9.17) is 17.0 Å². The lowest BCUT2D eigenvalue weighted by atomic mass is 10.2. The molecule has 0 aliphatic carbocycles. The summed E-state index contributed by atoms with van der Waals surface area (Å²) in [5, 5.41) is 0. The van der Waals surface area contributed by atoms with Gasteiger partial charge in [-0.05, 0) is 18.6 Å². The fraction of sp³-hybridized carbons (Fsp3) is 0.500. The van der Waals surface area contributed by atoms with Gasteiger partial charge < -0.3 is 14.6 Å². The molecule has 1 aliphatic heterocycles. The van der Waals surface area contributed by atoms with Gasteiger partial charge in [0.2, 0.25) is 0 Å². The van der Waals surface area contributed by atoms with Crippen molar-refractivity contribution in [3.8, 4) is 0 Å². The van der Waals surface area contributed by atoms with Gasteiger partial charge in [0.25, 0.3) is 5.91 Å². The number of ether oxygens (including phenoxy) is 1. The molecule has 92 valence electrons. The first-order valence-electron chi connectivity index (χ1n) is 5.81. The van der Waals surface area contributed by atoms with Crippen LogP contribution >= 0.6 is 12.2 Å². The van der Waals surface area contributed by atoms with Crippen LogP contribution in [0.15, 0.2) is 18.3 Å². The molecule has 0 radical (unpaired) electrons. The molecule has 1 fully saturated rings. The summed E-state index contributed by atoms with van der Waals surface area (Å²) in [5.74, 6) is -0.00593. The number of hydrogen-bond acceptors (Lipinski definition) is 3. The highest BCUT2D eigenvalue weighted by molar-refractivity contribution is 7.71. The number of aromatic nitrogens is 1. The molecule has 1 atom stereocenters. The number of carbonyl (C=O) groups is 1. The molecule has 1 aliphatic rings. The number of H-pyrrole nitrogens is 1. The van der Waals surface area contributed by atoms with Crippen LogP contribution < -0.4 is 0 Å². The molecule has 2 rings (SSSR count). The predicted molar refractivity (Wildman–Crippen MR) is 67.6 cm³/mol. The summed E-state index contributed by atoms with van der Waals surface area (Å²) in [6.45, 7) is 3.96. The lowest BCUT2D eigenvalue weighted by Gasteiger charge is -2.32. The molecule has 0 spiro atoms. The van der Waals surface area contributed by atoms with E-state index in [1.54, 1.807) is 18.3 Å². The highest BCUT2D eigenvalue weighted by Crippen LogP contribution is 2.12. The topological polar surface area (TPSA) is 45.3 Å². The van der Waals surface area contributed by atoms with E-state index in [9.17, 15) is 4.79 Å². The van der Waals surface area contributed by atoms with Crippen LogP contribution in [0, 0.1) is 4.64 Å². The number of rotatable bonds is 2. The van der Waals surface area contributed by atoms with Crippen molar-refractivity contribution in [1.29, 1.82) is 0 Å². The Morgan fingerprint density at radius 2 is 2.53 bits per heavy atom. The number of amides is 1. The number of nitrogens with one attached hydrogen (secondary N) is 1. The van der Waals surface area contributed by atoms with E-state index in [2.05, 4.69) is 11.9 Å². The third-order valence-electron chi connectivity index (χ3n) is 2.93. The summed E-state index contributed by atoms with van der Waals surface area (Å²) in [5.41, 5.74) is 0.569. The van der Waals surface area contributed by atoms with E-state index in [-0.39, 0.29) is 12.0 Å². The maximum absolute atomic E-state index is 12.3. The molecule has 1 aromatic heterocycles. The van der Waals surface area contributed by atoms with Crippen LogP contribution in [0.25, 0.3) is 0 Å². The zero-order chi connectivity index (χ0) is 12.3. The van der Waals surface area contributed by atoms with Crippen LogP contribution in [0.2, 0.25) is 0 Å². The molecule has 0 bridgehead atoms. The molecule has 1 N–H and O–H groups in total. The number of pyridine rings is 1. The third-order valence-corrected chi connectivity index (χ3v) is 3.27. The van der Waals surface area contributed by atoms with Crippen molar-refractivity contribution >= 4 is 18.1 Å². The summed E-state index contributed by atoms with van der Waals surface area (Å²) in [7, 11) is 0. The van der Waals surface area contributed by atoms with Crippen LogP contribution in [-0.2, 0) is 4.74 Å². The van der Waals surface area contributed by atoms with Crippen molar-refractivity contribution in [3.05, 3.63) is 28.5 Å². The average Bonchev–Trinajstić information content (AvgIpc) is 2.38. The minimum absolute atomic E-state index is 0.00593. The minimum Gasteiger partial charge on any atom is -0.375 e. The van der Waals surface area contributed by atoms with Crippen LogP contribution in [0.3, 0.4) is 0 Å². The van der Waals surface area contributed by atoms with Crippen molar-refractivity contribution in [1.82, 2.24) is 9.88 Å². The number of hydrogen-bond donors (Lipinski definition) is 1. The lowest BCUT2D eigenvalue weighted by molar-refractivity contribution is -0.0226. The average molecular weight is 252 g/mol. The van der Waals surface area contributed by atoms with E-state index in [1.165, 1.54) is 0 Å². The van der Waals surface area contributed by atoms with E-state index >= 15 is 0 Å². The maximum Gasteiger partial charge on any atom is 0.257 e. The molecular formula is C12H16N2O2S. The van der Waals surface area contributed by atoms with Gasteiger partial charge in [-0.2, -0.15) is 0 Å². The standard InChI is InChI=1S/C12H16N2O2S/c1-2-9-8-14(6-7-16-9)12(15)10-4-3-5-13-11(10)17/h3-5,9H,2,6-8H2,1H3,(H,13,17)/t9-/m0/s1. The molecule has 0 unspecified atom stereocenters. The number of nitrogens with zero attached hydrogens (tertiary/aromatic N) is 1. The molecule has 1 aromatic rings. The van der Waals surface area contributed by atoms with Gasteiger partial charge >= 0.3 is 0 Å². The highest BCUT2D eigenvalue weighted by atomic mass is 32.1. The van der Waals surface area contributed by atoms with E-state index in [0.29, 0.717) is 29.9 Å². The van der Waals surface area contributed by atoms with Crippen molar-refractivity contribution < 1.29 is 9.53 Å². The monoisotopic (exact) mass is 252 g/mol. The first-order chi connectivity index (χ1) is 8.22. The van der Waals surface area contributed by atoms with Gasteiger partial charge in [0.05, 0.1) is 18.3 Å². The Bertz CT molecular complexity index is 458. The van der Waals surface area contributed by atoms with Gasteiger partial charge in [0.15, 0.2) is 0 Å². The van der Waals surface area contributed by atoms with Crippen LogP contribution in [0.5, 0.6) is 0 Å². The second kappa shape index (κ2) is 5.42. The number of carbonyl (C=O) groups excluding carboxylic acids is 1. The predicted octanol–water partition coefficient (Wildman–Crippen LogP) is 2.00. The molecule has 4 nitrogen and oxygen atoms in total. The van der Waals surface area contributed by atoms with Gasteiger partial charge in [0, 0.05) is 19.3 Å². The maximum atomic E-state index is 12.3. The zero-order valence-electron chi connectivity index (χ0n) is 9.81. The molecule has 0 saturated carbocycles. The summed E-state index contributed by atoms with van der Waals surface area (Å²) in [4.78, 5) is 17.0. The molecule has 1 amide bonds. The van der Waals surface area contributed by atoms with Crippen LogP contribution in [0.4, 0.5) is 0 Å². The van der Waals surface area contributed by atoms with Crippen molar-refractivity contribution in [2.75, 3.05) is 19.7 Å². The van der Waals surface area contributed by atoms with Gasteiger partial charge in [-0.15, -0.1) is 0 Å². The Labute approximate surface area is 106 Å². The Morgan fingerprint density at radius 1 is 1.71 bits per heavy atom. The smallest absolute Gasteiger partial charge is 0.257 e. The number of morpholine rings is 1. The van der Waals surface area contributed by atoms with Crippen molar-refractivity contribution in [2.45, 2.75) is 19.4 Å². The summed E-state index contributed by atoms with van der Waals surface area (Å²) in [6.07, 6.45) is 2.80. The molecule has 17 heavy (non-hydrogen) atoms. The molecule has 5 heteroatoms. The SMILES string of the molecule is CC[C@H]1CN(C(=O)c2ccc[nH]c2=S)CCO1. The summed E-state index contributed by atoms with van der Waals surface area (Å²) >= 11 is 5.12. The summed E-state index contributed by atoms with van der Waals surface area (Å²) < 4.78 is 6.04. The highest BCUT2D eigenvalue weighted by Gasteiger charge is 2.24. The second-order valence-corrected chi connectivity index (χ2v) is 4.47. The van der Waals surface area contributed by atoms with E-state index in [0.717, 1.165) is 6.42 Å². The van der Waals surface area contributed by atoms with Crippen LogP contribution in [-0.4, -0.2) is 41.6 Å². The molecule has 0 aromatic carbocycles. The number of aromatic amines is 1. The normalized spacial score (nSPS) is 20.3. The summed E-state index contributed by atoms with van der Waals surface area (Å²) in [6, 6.07) is 3.55. The first kappa shape index (κ1) is 12.3. The van der Waals surface area contributed by atoms with Gasteiger partial charge in [-0.1, -0.05) is 19.1 Å². The van der Waals surface area contributed by atoms with Crippen LogP contribution in [0.1, 0.15) is 23.7 Å². The van der Waals surface area contributed by atoms with Gasteiger partial charge in [-0.3, -0.25) is 4.79 Å². The Hall–Kier alpha value is -1.20. The fourth-order valence-corrected chi connectivity index (χ4v) is 2.13. The third kappa shape index (κ3) is 2.73. The van der Waals surface area contributed by atoms with Crippen molar-refractivity contribution in [3.63, 3.8) is 0 Å². The fourth-order valence-electron chi connectivity index (χ4n) is 1.91. The zero-order valence-corrected chi connectivity index (χ0v) is 10.6. The molecular weight excluding hydrogens is 236 g/mol. The Morgan fingerprint density at radius 3 is 3.24 bits per heavy atom. The minimum atomic E-state index is -0.00593. The Balaban J connectivity index is 2.15. The molecule has 2 heterocycles. The largest absolute Gasteiger partial charge is 0.375 e.